The summed E-state index contributed by atoms with van der Waals surface area (Å²) in [5.41, 5.74) is -3.93. The van der Waals surface area contributed by atoms with Crippen LogP contribution in [-0.4, -0.2) is 49.6 Å². The number of carbonyl (C=O) groups is 2. The number of hydrogen-bond donors (Lipinski definition) is 1. The number of rotatable bonds is 4. The van der Waals surface area contributed by atoms with Crippen molar-refractivity contribution >= 4 is 11.9 Å². The molecule has 0 aliphatic rings. The molecule has 0 saturated carbocycles. The van der Waals surface area contributed by atoms with Gasteiger partial charge in [0.2, 0.25) is 5.60 Å². The van der Waals surface area contributed by atoms with Gasteiger partial charge in [0.1, 0.15) is 0 Å². The van der Waals surface area contributed by atoms with E-state index in [9.17, 15) is 14.7 Å². The number of aliphatic hydroxyl groups is 1. The molecule has 0 fully saturated rings. The summed E-state index contributed by atoms with van der Waals surface area (Å²) in [6, 6.07) is 0. The van der Waals surface area contributed by atoms with Crippen molar-refractivity contribution in [3.05, 3.63) is 0 Å². The summed E-state index contributed by atoms with van der Waals surface area (Å²) in [5, 5.41) is 9.90. The highest BCUT2D eigenvalue weighted by Gasteiger charge is 2.57. The molecule has 2 atom stereocenters. The van der Waals surface area contributed by atoms with Crippen LogP contribution in [0.15, 0.2) is 0 Å². The summed E-state index contributed by atoms with van der Waals surface area (Å²) in [6.45, 7) is 2.37. The van der Waals surface area contributed by atoms with Crippen molar-refractivity contribution in [3.8, 4) is 0 Å². The van der Waals surface area contributed by atoms with Crippen LogP contribution in [0.2, 0.25) is 0 Å². The van der Waals surface area contributed by atoms with Crippen LogP contribution in [0.3, 0.4) is 0 Å². The summed E-state index contributed by atoms with van der Waals surface area (Å²) in [7, 11) is 3.42. The number of carbonyl (C=O) groups excluding carboxylic acids is 2. The second kappa shape index (κ2) is 4.59. The van der Waals surface area contributed by atoms with E-state index in [0.29, 0.717) is 0 Å². The highest BCUT2D eigenvalue weighted by molar-refractivity contribution is 5.91. The van der Waals surface area contributed by atoms with Crippen LogP contribution in [0.1, 0.15) is 13.8 Å². The maximum atomic E-state index is 11.4. The second-order valence-corrected chi connectivity index (χ2v) is 3.29. The Bertz CT molecular complexity index is 259. The normalized spacial score (nSPS) is 18.5. The van der Waals surface area contributed by atoms with Crippen LogP contribution in [0.5, 0.6) is 0 Å². The first-order valence-electron chi connectivity index (χ1n) is 4.22. The lowest BCUT2D eigenvalue weighted by atomic mass is 9.85. The highest BCUT2D eigenvalue weighted by atomic mass is 16.6. The zero-order valence-corrected chi connectivity index (χ0v) is 9.49. The molecule has 6 heteroatoms. The Balaban J connectivity index is 5.27. The highest BCUT2D eigenvalue weighted by Crippen LogP contribution is 2.28. The van der Waals surface area contributed by atoms with Gasteiger partial charge in [-0.3, -0.25) is 0 Å². The summed E-state index contributed by atoms with van der Waals surface area (Å²) in [4.78, 5) is 22.7. The summed E-state index contributed by atoms with van der Waals surface area (Å²) >= 11 is 0. The van der Waals surface area contributed by atoms with Crippen molar-refractivity contribution in [1.29, 1.82) is 0 Å². The van der Waals surface area contributed by atoms with E-state index in [0.717, 1.165) is 21.1 Å². The molecule has 0 spiro atoms. The Kier molecular flexibility index (Phi) is 4.24. The van der Waals surface area contributed by atoms with E-state index in [4.69, 9.17) is 4.74 Å². The average molecular weight is 220 g/mol. The van der Waals surface area contributed by atoms with Crippen LogP contribution in [0, 0.1) is 0 Å². The van der Waals surface area contributed by atoms with Crippen LogP contribution in [0.25, 0.3) is 0 Å². The predicted octanol–water partition coefficient (Wildman–Crippen LogP) is -0.512. The van der Waals surface area contributed by atoms with E-state index in [1.807, 2.05) is 0 Å². The standard InChI is InChI=1S/C9H16O6/c1-8(12,6(10)13-3)9(2,15-5)7(11)14-4/h12H,1-5H3. The molecule has 6 nitrogen and oxygen atoms in total. The Hall–Kier alpha value is -1.14. The Morgan fingerprint density at radius 3 is 1.67 bits per heavy atom. The van der Waals surface area contributed by atoms with Gasteiger partial charge >= 0.3 is 11.9 Å². The fourth-order valence-corrected chi connectivity index (χ4v) is 1.07. The maximum absolute atomic E-state index is 11.4. The fraction of sp³-hybridized carbons (Fsp3) is 0.778. The van der Waals surface area contributed by atoms with Crippen molar-refractivity contribution < 1.29 is 28.9 Å². The lowest BCUT2D eigenvalue weighted by Crippen LogP contribution is -2.62. The predicted molar refractivity (Wildman–Crippen MR) is 50.1 cm³/mol. The van der Waals surface area contributed by atoms with Gasteiger partial charge < -0.3 is 19.3 Å². The van der Waals surface area contributed by atoms with E-state index in [2.05, 4.69) is 9.47 Å². The molecule has 0 bridgehead atoms. The minimum Gasteiger partial charge on any atom is -0.467 e. The van der Waals surface area contributed by atoms with Gasteiger partial charge in [0.25, 0.3) is 0 Å². The lowest BCUT2D eigenvalue weighted by molar-refractivity contribution is -0.209. The zero-order chi connectivity index (χ0) is 12.3. The van der Waals surface area contributed by atoms with Crippen LogP contribution in [-0.2, 0) is 23.8 Å². The third kappa shape index (κ3) is 2.10. The molecular formula is C9H16O6. The second-order valence-electron chi connectivity index (χ2n) is 3.29. The Morgan fingerprint density at radius 2 is 1.40 bits per heavy atom. The van der Waals surface area contributed by atoms with Gasteiger partial charge in [0, 0.05) is 7.11 Å². The molecule has 0 aromatic rings. The topological polar surface area (TPSA) is 82.1 Å². The molecule has 15 heavy (non-hydrogen) atoms. The van der Waals surface area contributed by atoms with E-state index < -0.39 is 23.1 Å². The molecule has 0 heterocycles. The van der Waals surface area contributed by atoms with E-state index >= 15 is 0 Å². The zero-order valence-electron chi connectivity index (χ0n) is 9.49. The molecule has 2 unspecified atom stereocenters. The van der Waals surface area contributed by atoms with Crippen LogP contribution < -0.4 is 0 Å². The van der Waals surface area contributed by atoms with Gasteiger partial charge in [-0.2, -0.15) is 0 Å². The Morgan fingerprint density at radius 1 is 1.00 bits per heavy atom. The number of esters is 2. The van der Waals surface area contributed by atoms with Gasteiger partial charge in [0.15, 0.2) is 5.60 Å². The largest absolute Gasteiger partial charge is 0.467 e. The molecule has 0 aliphatic carbocycles. The SMILES string of the molecule is COC(=O)C(C)(O)C(C)(OC)C(=O)OC. The van der Waals surface area contributed by atoms with Crippen LogP contribution in [0.4, 0.5) is 0 Å². The smallest absolute Gasteiger partial charge is 0.341 e. The van der Waals surface area contributed by atoms with Crippen molar-refractivity contribution in [3.63, 3.8) is 0 Å². The van der Waals surface area contributed by atoms with Gasteiger partial charge in [-0.1, -0.05) is 0 Å². The first-order valence-corrected chi connectivity index (χ1v) is 4.22. The minimum absolute atomic E-state index is 0.861. The maximum Gasteiger partial charge on any atom is 0.341 e. The minimum atomic E-state index is -2.12. The number of hydrogen-bond acceptors (Lipinski definition) is 6. The molecule has 0 saturated heterocycles. The van der Waals surface area contributed by atoms with Crippen molar-refractivity contribution in [1.82, 2.24) is 0 Å². The van der Waals surface area contributed by atoms with E-state index in [1.54, 1.807) is 0 Å². The molecule has 0 aromatic carbocycles. The summed E-state index contributed by atoms with van der Waals surface area (Å²) in [5.74, 6) is -1.84. The molecule has 1 N–H and O–H groups in total. The summed E-state index contributed by atoms with van der Waals surface area (Å²) < 4.78 is 13.7. The van der Waals surface area contributed by atoms with Crippen molar-refractivity contribution in [2.45, 2.75) is 25.0 Å². The third-order valence-corrected chi connectivity index (χ3v) is 2.49. The van der Waals surface area contributed by atoms with E-state index in [1.165, 1.54) is 14.0 Å². The van der Waals surface area contributed by atoms with Gasteiger partial charge in [-0.05, 0) is 13.8 Å². The number of methoxy groups -OCH3 is 3. The monoisotopic (exact) mass is 220 g/mol. The van der Waals surface area contributed by atoms with Crippen LogP contribution >= 0.6 is 0 Å². The lowest BCUT2D eigenvalue weighted by Gasteiger charge is -2.36. The van der Waals surface area contributed by atoms with Gasteiger partial charge in [-0.15, -0.1) is 0 Å². The average Bonchev–Trinajstić information content (AvgIpc) is 2.24. The van der Waals surface area contributed by atoms with Crippen molar-refractivity contribution in [2.75, 3.05) is 21.3 Å². The third-order valence-electron chi connectivity index (χ3n) is 2.49. The molecule has 88 valence electrons. The molecule has 0 aromatic heterocycles. The van der Waals surface area contributed by atoms with Gasteiger partial charge in [-0.25, -0.2) is 9.59 Å². The first kappa shape index (κ1) is 13.9. The van der Waals surface area contributed by atoms with Gasteiger partial charge in [0.05, 0.1) is 14.2 Å². The fourth-order valence-electron chi connectivity index (χ4n) is 1.07. The number of ether oxygens (including phenoxy) is 3. The van der Waals surface area contributed by atoms with Crippen molar-refractivity contribution in [2.24, 2.45) is 0 Å². The van der Waals surface area contributed by atoms with E-state index in [-0.39, 0.29) is 0 Å². The molecule has 0 radical (unpaired) electrons. The molecule has 0 rings (SSSR count). The quantitative estimate of drug-likeness (QED) is 0.642. The first-order chi connectivity index (χ1) is 6.77. The molecule has 0 aliphatic heterocycles. The molecule has 0 amide bonds. The molecular weight excluding hydrogens is 204 g/mol. The summed E-state index contributed by atoms with van der Waals surface area (Å²) in [6.07, 6.45) is 0. The Labute approximate surface area is 88.1 Å².